The predicted molar refractivity (Wildman–Crippen MR) is 74.1 cm³/mol. The van der Waals surface area contributed by atoms with Crippen molar-refractivity contribution in [1.29, 1.82) is 0 Å². The van der Waals surface area contributed by atoms with E-state index in [9.17, 15) is 4.79 Å². The van der Waals surface area contributed by atoms with Crippen LogP contribution in [0.25, 0.3) is 0 Å². The lowest BCUT2D eigenvalue weighted by atomic mass is 10.1. The summed E-state index contributed by atoms with van der Waals surface area (Å²) < 4.78 is 5.25. The predicted octanol–water partition coefficient (Wildman–Crippen LogP) is 2.95. The van der Waals surface area contributed by atoms with E-state index in [0.29, 0.717) is 12.0 Å². The molecule has 0 saturated carbocycles. The second-order valence-electron chi connectivity index (χ2n) is 4.13. The molecule has 1 aromatic carbocycles. The van der Waals surface area contributed by atoms with Gasteiger partial charge in [0.2, 0.25) is 0 Å². The fourth-order valence-electron chi connectivity index (χ4n) is 1.72. The van der Waals surface area contributed by atoms with Crippen LogP contribution in [0, 0.1) is 0 Å². The van der Waals surface area contributed by atoms with Gasteiger partial charge >= 0.3 is 0 Å². The van der Waals surface area contributed by atoms with Crippen LogP contribution in [-0.2, 0) is 6.42 Å². The van der Waals surface area contributed by atoms with Gasteiger partial charge in [-0.1, -0.05) is 19.4 Å². The Kier molecular flexibility index (Phi) is 5.98. The number of hydrogen-bond donors (Lipinski definition) is 1. The maximum Gasteiger partial charge on any atom is 0.251 e. The molecule has 0 heterocycles. The average Bonchev–Trinajstić information content (AvgIpc) is 2.39. The molecule has 0 bridgehead atoms. The van der Waals surface area contributed by atoms with Crippen molar-refractivity contribution in [3.63, 3.8) is 0 Å². The lowest BCUT2D eigenvalue weighted by Gasteiger charge is -2.09. The largest absolute Gasteiger partial charge is 0.496 e. The van der Waals surface area contributed by atoms with Gasteiger partial charge in [0.05, 0.1) is 7.11 Å². The van der Waals surface area contributed by atoms with E-state index in [1.807, 2.05) is 12.1 Å². The fourth-order valence-corrected chi connectivity index (χ4v) is 1.72. The quantitative estimate of drug-likeness (QED) is 0.594. The van der Waals surface area contributed by atoms with E-state index in [4.69, 9.17) is 4.74 Å². The van der Waals surface area contributed by atoms with Gasteiger partial charge in [0.15, 0.2) is 0 Å². The Morgan fingerprint density at radius 1 is 1.50 bits per heavy atom. The lowest BCUT2D eigenvalue weighted by molar-refractivity contribution is 0.0953. The van der Waals surface area contributed by atoms with Crippen molar-refractivity contribution in [3.8, 4) is 5.75 Å². The zero-order valence-corrected chi connectivity index (χ0v) is 11.2. The zero-order chi connectivity index (χ0) is 13.4. The molecule has 0 aliphatic carbocycles. The van der Waals surface area contributed by atoms with Gasteiger partial charge < -0.3 is 10.1 Å². The molecule has 3 nitrogen and oxygen atoms in total. The second kappa shape index (κ2) is 7.54. The monoisotopic (exact) mass is 247 g/mol. The van der Waals surface area contributed by atoms with Gasteiger partial charge in [0.1, 0.15) is 5.75 Å². The molecule has 1 N–H and O–H groups in total. The first-order valence-electron chi connectivity index (χ1n) is 6.29. The number of unbranched alkanes of at least 4 members (excludes halogenated alkanes) is 1. The first kappa shape index (κ1) is 14.3. The number of amides is 1. The normalized spacial score (nSPS) is 9.89. The molecule has 98 valence electrons. The summed E-state index contributed by atoms with van der Waals surface area (Å²) in [5.41, 5.74) is 1.65. The van der Waals surface area contributed by atoms with E-state index >= 15 is 0 Å². The molecule has 0 aliphatic rings. The van der Waals surface area contributed by atoms with Crippen molar-refractivity contribution < 1.29 is 9.53 Å². The third-order valence-corrected chi connectivity index (χ3v) is 2.72. The summed E-state index contributed by atoms with van der Waals surface area (Å²) in [7, 11) is 1.63. The van der Waals surface area contributed by atoms with Crippen LogP contribution >= 0.6 is 0 Å². The zero-order valence-electron chi connectivity index (χ0n) is 11.2. The Morgan fingerprint density at radius 2 is 2.28 bits per heavy atom. The Labute approximate surface area is 109 Å². The summed E-state index contributed by atoms with van der Waals surface area (Å²) in [6, 6.07) is 5.47. The van der Waals surface area contributed by atoms with Gasteiger partial charge in [-0.15, -0.1) is 6.58 Å². The van der Waals surface area contributed by atoms with Crippen LogP contribution in [0.3, 0.4) is 0 Å². The highest BCUT2D eigenvalue weighted by Crippen LogP contribution is 2.20. The van der Waals surface area contributed by atoms with Gasteiger partial charge in [-0.05, 0) is 36.6 Å². The minimum absolute atomic E-state index is 0.0311. The molecular formula is C15H21NO2. The number of methoxy groups -OCH3 is 1. The van der Waals surface area contributed by atoms with Gasteiger partial charge in [-0.25, -0.2) is 0 Å². The fraction of sp³-hybridized carbons (Fsp3) is 0.400. The Balaban J connectivity index is 2.79. The number of hydrogen-bond acceptors (Lipinski definition) is 2. The minimum Gasteiger partial charge on any atom is -0.496 e. The summed E-state index contributed by atoms with van der Waals surface area (Å²) in [5.74, 6) is 0.761. The number of carbonyl (C=O) groups is 1. The van der Waals surface area contributed by atoms with E-state index in [2.05, 4.69) is 18.8 Å². The molecule has 1 aromatic rings. The van der Waals surface area contributed by atoms with Crippen molar-refractivity contribution in [2.45, 2.75) is 26.2 Å². The van der Waals surface area contributed by atoms with E-state index < -0.39 is 0 Å². The molecule has 1 rings (SSSR count). The van der Waals surface area contributed by atoms with Crippen molar-refractivity contribution in [2.24, 2.45) is 0 Å². The summed E-state index contributed by atoms with van der Waals surface area (Å²) in [4.78, 5) is 11.9. The van der Waals surface area contributed by atoms with Crippen LogP contribution in [0.2, 0.25) is 0 Å². The first-order valence-corrected chi connectivity index (χ1v) is 6.29. The number of carbonyl (C=O) groups excluding carboxylic acids is 1. The van der Waals surface area contributed by atoms with Crippen molar-refractivity contribution in [3.05, 3.63) is 42.0 Å². The SMILES string of the molecule is C=CCc1cc(C(=O)NCCCC)ccc1OC. The van der Waals surface area contributed by atoms with Crippen LogP contribution in [0.15, 0.2) is 30.9 Å². The molecule has 0 spiro atoms. The summed E-state index contributed by atoms with van der Waals surface area (Å²) in [5, 5.41) is 2.90. The van der Waals surface area contributed by atoms with Gasteiger partial charge in [-0.2, -0.15) is 0 Å². The molecule has 1 amide bonds. The maximum absolute atomic E-state index is 11.9. The van der Waals surface area contributed by atoms with Crippen LogP contribution in [0.5, 0.6) is 5.75 Å². The molecule has 0 unspecified atom stereocenters. The van der Waals surface area contributed by atoms with Crippen molar-refractivity contribution in [2.75, 3.05) is 13.7 Å². The molecule has 0 aliphatic heterocycles. The number of benzene rings is 1. The number of rotatable bonds is 7. The third-order valence-electron chi connectivity index (χ3n) is 2.72. The van der Waals surface area contributed by atoms with E-state index in [-0.39, 0.29) is 5.91 Å². The molecule has 0 saturated heterocycles. The van der Waals surface area contributed by atoms with Crippen LogP contribution in [0.4, 0.5) is 0 Å². The second-order valence-corrected chi connectivity index (χ2v) is 4.13. The minimum atomic E-state index is -0.0311. The van der Waals surface area contributed by atoms with E-state index in [1.165, 1.54) is 0 Å². The van der Waals surface area contributed by atoms with Crippen molar-refractivity contribution in [1.82, 2.24) is 5.32 Å². The molecular weight excluding hydrogens is 226 g/mol. The van der Waals surface area contributed by atoms with Crippen LogP contribution in [-0.4, -0.2) is 19.6 Å². The smallest absolute Gasteiger partial charge is 0.251 e. The molecule has 18 heavy (non-hydrogen) atoms. The van der Waals surface area contributed by atoms with Crippen LogP contribution < -0.4 is 10.1 Å². The highest BCUT2D eigenvalue weighted by Gasteiger charge is 2.08. The Morgan fingerprint density at radius 3 is 2.89 bits per heavy atom. The number of ether oxygens (including phenoxy) is 1. The average molecular weight is 247 g/mol. The highest BCUT2D eigenvalue weighted by atomic mass is 16.5. The Hall–Kier alpha value is -1.77. The topological polar surface area (TPSA) is 38.3 Å². The van der Waals surface area contributed by atoms with E-state index in [0.717, 1.165) is 30.7 Å². The Bertz CT molecular complexity index is 413. The molecule has 0 radical (unpaired) electrons. The third kappa shape index (κ3) is 3.91. The molecule has 0 aromatic heterocycles. The number of allylic oxidation sites excluding steroid dienone is 1. The highest BCUT2D eigenvalue weighted by molar-refractivity contribution is 5.94. The molecule has 3 heteroatoms. The standard InChI is InChI=1S/C15H21NO2/c1-4-6-10-16-15(17)13-8-9-14(18-3)12(11-13)7-5-2/h5,8-9,11H,2,4,6-7,10H2,1,3H3,(H,16,17). The van der Waals surface area contributed by atoms with Gasteiger partial charge in [-0.3, -0.25) is 4.79 Å². The lowest BCUT2D eigenvalue weighted by Crippen LogP contribution is -2.24. The summed E-state index contributed by atoms with van der Waals surface area (Å²) >= 11 is 0. The molecule has 0 atom stereocenters. The van der Waals surface area contributed by atoms with Crippen molar-refractivity contribution >= 4 is 5.91 Å². The first-order chi connectivity index (χ1) is 8.72. The van der Waals surface area contributed by atoms with E-state index in [1.54, 1.807) is 19.3 Å². The summed E-state index contributed by atoms with van der Waals surface area (Å²) in [6.07, 6.45) is 4.57. The van der Waals surface area contributed by atoms with Gasteiger partial charge in [0, 0.05) is 12.1 Å². The molecule has 0 fully saturated rings. The maximum atomic E-state index is 11.9. The summed E-state index contributed by atoms with van der Waals surface area (Å²) in [6.45, 7) is 6.53. The van der Waals surface area contributed by atoms with Gasteiger partial charge in [0.25, 0.3) is 5.91 Å². The number of nitrogens with one attached hydrogen (secondary N) is 1. The van der Waals surface area contributed by atoms with Crippen LogP contribution in [0.1, 0.15) is 35.7 Å².